The molecule has 2 nitrogen and oxygen atoms in total. The van der Waals surface area contributed by atoms with Crippen LogP contribution in [0.25, 0.3) is 0 Å². The van der Waals surface area contributed by atoms with E-state index in [9.17, 15) is 0 Å². The third-order valence-corrected chi connectivity index (χ3v) is 3.98. The largest absolute Gasteiger partial charge is 0.324 e. The lowest BCUT2D eigenvalue weighted by atomic mass is 10.0. The van der Waals surface area contributed by atoms with Crippen LogP contribution >= 0.6 is 0 Å². The van der Waals surface area contributed by atoms with Gasteiger partial charge in [0.05, 0.1) is 0 Å². The smallest absolute Gasteiger partial charge is 0.0315 e. The lowest BCUT2D eigenvalue weighted by Gasteiger charge is -2.11. The molecule has 2 heteroatoms. The number of nitrogens with two attached hydrogens (primary N) is 1. The van der Waals surface area contributed by atoms with Gasteiger partial charge in [0.15, 0.2) is 0 Å². The van der Waals surface area contributed by atoms with Crippen LogP contribution in [0, 0.1) is 0 Å². The molecule has 114 valence electrons. The molecule has 1 aromatic rings. The second-order valence-corrected chi connectivity index (χ2v) is 5.86. The molecule has 0 aliphatic rings. The van der Waals surface area contributed by atoms with E-state index in [1.807, 2.05) is 12.3 Å². The number of rotatable bonds is 12. The first-order chi connectivity index (χ1) is 9.84. The van der Waals surface area contributed by atoms with Gasteiger partial charge in [-0.25, -0.2) is 0 Å². The van der Waals surface area contributed by atoms with Crippen LogP contribution in [-0.2, 0) is 0 Å². The van der Waals surface area contributed by atoms with E-state index in [0.29, 0.717) is 0 Å². The van der Waals surface area contributed by atoms with Crippen molar-refractivity contribution >= 4 is 0 Å². The molecule has 1 rings (SSSR count). The first-order valence-electron chi connectivity index (χ1n) is 8.50. The highest BCUT2D eigenvalue weighted by atomic mass is 14.7. The number of aromatic nitrogens is 1. The number of unbranched alkanes of at least 4 members (excludes halogenated alkanes) is 9. The van der Waals surface area contributed by atoms with Gasteiger partial charge < -0.3 is 5.73 Å². The summed E-state index contributed by atoms with van der Waals surface area (Å²) in [5, 5.41) is 0. The van der Waals surface area contributed by atoms with Gasteiger partial charge in [0.1, 0.15) is 0 Å². The molecule has 0 bridgehead atoms. The first kappa shape index (κ1) is 17.2. The van der Waals surface area contributed by atoms with E-state index in [2.05, 4.69) is 18.0 Å². The topological polar surface area (TPSA) is 38.9 Å². The lowest BCUT2D eigenvalue weighted by molar-refractivity contribution is 0.528. The van der Waals surface area contributed by atoms with E-state index in [1.165, 1.54) is 69.8 Å². The summed E-state index contributed by atoms with van der Waals surface area (Å²) < 4.78 is 0. The van der Waals surface area contributed by atoms with E-state index in [0.717, 1.165) is 6.42 Å². The maximum atomic E-state index is 6.16. The van der Waals surface area contributed by atoms with E-state index in [-0.39, 0.29) is 6.04 Å². The highest BCUT2D eigenvalue weighted by Gasteiger charge is 2.04. The maximum absolute atomic E-state index is 6.16. The van der Waals surface area contributed by atoms with Crippen LogP contribution in [-0.4, -0.2) is 4.98 Å². The van der Waals surface area contributed by atoms with Crippen molar-refractivity contribution in [1.29, 1.82) is 0 Å². The molecule has 0 aromatic carbocycles. The van der Waals surface area contributed by atoms with E-state index in [1.54, 1.807) is 6.20 Å². The van der Waals surface area contributed by atoms with Gasteiger partial charge >= 0.3 is 0 Å². The molecule has 0 amide bonds. The van der Waals surface area contributed by atoms with Crippen molar-refractivity contribution in [3.8, 4) is 0 Å². The van der Waals surface area contributed by atoms with Gasteiger partial charge in [-0.15, -0.1) is 0 Å². The van der Waals surface area contributed by atoms with Crippen LogP contribution in [0.2, 0.25) is 0 Å². The fourth-order valence-electron chi connectivity index (χ4n) is 2.61. The Kier molecular flexibility index (Phi) is 10.2. The summed E-state index contributed by atoms with van der Waals surface area (Å²) in [7, 11) is 0. The van der Waals surface area contributed by atoms with Crippen molar-refractivity contribution < 1.29 is 0 Å². The Morgan fingerprint density at radius 2 is 1.55 bits per heavy atom. The third kappa shape index (κ3) is 8.31. The summed E-state index contributed by atoms with van der Waals surface area (Å²) in [5.41, 5.74) is 7.33. The second-order valence-electron chi connectivity index (χ2n) is 5.86. The molecule has 0 fully saturated rings. The molecule has 1 heterocycles. The molecule has 20 heavy (non-hydrogen) atoms. The minimum atomic E-state index is 0.165. The van der Waals surface area contributed by atoms with E-state index < -0.39 is 0 Å². The van der Waals surface area contributed by atoms with Crippen LogP contribution in [0.3, 0.4) is 0 Å². The fraction of sp³-hybridized carbons (Fsp3) is 0.722. The lowest BCUT2D eigenvalue weighted by Crippen LogP contribution is -2.10. The van der Waals surface area contributed by atoms with Crippen LogP contribution in [0.4, 0.5) is 0 Å². The summed E-state index contributed by atoms with van der Waals surface area (Å²) in [6, 6.07) is 4.21. The summed E-state index contributed by atoms with van der Waals surface area (Å²) in [6.45, 7) is 2.27. The van der Waals surface area contributed by atoms with Crippen molar-refractivity contribution in [1.82, 2.24) is 4.98 Å². The standard InChI is InChI=1S/C18H32N2/c1-2-3-4-5-6-7-8-9-10-11-14-18(19)17-13-12-15-20-16-17/h12-13,15-16,18H,2-11,14,19H2,1H3. The zero-order valence-corrected chi connectivity index (χ0v) is 13.2. The average molecular weight is 276 g/mol. The zero-order chi connectivity index (χ0) is 14.5. The molecule has 0 saturated heterocycles. The third-order valence-electron chi connectivity index (χ3n) is 3.98. The number of nitrogens with zero attached hydrogens (tertiary/aromatic N) is 1. The van der Waals surface area contributed by atoms with Gasteiger partial charge in [0.25, 0.3) is 0 Å². The van der Waals surface area contributed by atoms with Gasteiger partial charge in [-0.3, -0.25) is 4.98 Å². The van der Waals surface area contributed by atoms with Crippen molar-refractivity contribution in [2.75, 3.05) is 0 Å². The quantitative estimate of drug-likeness (QED) is 0.520. The van der Waals surface area contributed by atoms with Crippen molar-refractivity contribution in [2.45, 2.75) is 83.6 Å². The SMILES string of the molecule is CCCCCCCCCCCCC(N)c1cccnc1. The minimum Gasteiger partial charge on any atom is -0.324 e. The molecule has 0 radical (unpaired) electrons. The average Bonchev–Trinajstić information content (AvgIpc) is 2.50. The van der Waals surface area contributed by atoms with Crippen LogP contribution in [0.15, 0.2) is 24.5 Å². The Balaban J connectivity index is 1.90. The molecule has 2 N–H and O–H groups in total. The first-order valence-corrected chi connectivity index (χ1v) is 8.50. The predicted molar refractivity (Wildman–Crippen MR) is 87.6 cm³/mol. The van der Waals surface area contributed by atoms with E-state index >= 15 is 0 Å². The molecule has 0 aliphatic carbocycles. The summed E-state index contributed by atoms with van der Waals surface area (Å²) in [5.74, 6) is 0. The zero-order valence-electron chi connectivity index (χ0n) is 13.2. The highest BCUT2D eigenvalue weighted by molar-refractivity contribution is 5.12. The number of hydrogen-bond acceptors (Lipinski definition) is 2. The van der Waals surface area contributed by atoms with Gasteiger partial charge in [-0.2, -0.15) is 0 Å². The molecule has 0 aliphatic heterocycles. The summed E-state index contributed by atoms with van der Waals surface area (Å²) in [6.07, 6.45) is 18.6. The molecule has 0 saturated carbocycles. The normalized spacial score (nSPS) is 12.5. The highest BCUT2D eigenvalue weighted by Crippen LogP contribution is 2.17. The monoisotopic (exact) mass is 276 g/mol. The summed E-state index contributed by atoms with van der Waals surface area (Å²) in [4.78, 5) is 4.13. The van der Waals surface area contributed by atoms with Crippen molar-refractivity contribution in [3.63, 3.8) is 0 Å². The van der Waals surface area contributed by atoms with Gasteiger partial charge in [0.2, 0.25) is 0 Å². The predicted octanol–water partition coefficient (Wildman–Crippen LogP) is 5.39. The minimum absolute atomic E-state index is 0.165. The molecule has 0 spiro atoms. The number of pyridine rings is 1. The molecular weight excluding hydrogens is 244 g/mol. The van der Waals surface area contributed by atoms with Crippen LogP contribution in [0.1, 0.15) is 89.2 Å². The molecule has 1 aromatic heterocycles. The number of hydrogen-bond donors (Lipinski definition) is 1. The van der Waals surface area contributed by atoms with E-state index in [4.69, 9.17) is 5.73 Å². The Bertz CT molecular complexity index is 310. The summed E-state index contributed by atoms with van der Waals surface area (Å²) >= 11 is 0. The molecule has 1 atom stereocenters. The molecule has 1 unspecified atom stereocenters. The Morgan fingerprint density at radius 3 is 2.10 bits per heavy atom. The van der Waals surface area contributed by atoms with Gasteiger partial charge in [-0.05, 0) is 18.1 Å². The van der Waals surface area contributed by atoms with Crippen LogP contribution < -0.4 is 5.73 Å². The Labute approximate surface area is 125 Å². The van der Waals surface area contributed by atoms with Crippen LogP contribution in [0.5, 0.6) is 0 Å². The van der Waals surface area contributed by atoms with Gasteiger partial charge in [-0.1, -0.05) is 77.2 Å². The van der Waals surface area contributed by atoms with Crippen molar-refractivity contribution in [2.24, 2.45) is 5.73 Å². The van der Waals surface area contributed by atoms with Gasteiger partial charge in [0, 0.05) is 18.4 Å². The maximum Gasteiger partial charge on any atom is 0.0315 e. The fourth-order valence-corrected chi connectivity index (χ4v) is 2.61. The Hall–Kier alpha value is -0.890. The molecular formula is C18H32N2. The van der Waals surface area contributed by atoms with Crippen molar-refractivity contribution in [3.05, 3.63) is 30.1 Å². The Morgan fingerprint density at radius 1 is 0.950 bits per heavy atom. The second kappa shape index (κ2) is 11.9.